The highest BCUT2D eigenvalue weighted by Gasteiger charge is 2.19. The monoisotopic (exact) mass is 202 g/mol. The maximum absolute atomic E-state index is 4.31. The van der Waals surface area contributed by atoms with E-state index in [1.807, 2.05) is 23.0 Å². The lowest BCUT2D eigenvalue weighted by Crippen LogP contribution is -2.15. The van der Waals surface area contributed by atoms with E-state index in [0.717, 1.165) is 11.5 Å². The van der Waals surface area contributed by atoms with Gasteiger partial charge in [-0.3, -0.25) is 0 Å². The summed E-state index contributed by atoms with van der Waals surface area (Å²) in [4.78, 5) is 4.31. The topological polar surface area (TPSA) is 17.8 Å². The molecule has 0 spiro atoms. The van der Waals surface area contributed by atoms with Gasteiger partial charge < -0.3 is 4.57 Å². The molecule has 0 saturated carbocycles. The average molecular weight is 202 g/mol. The Labute approximate surface area is 91.7 Å². The summed E-state index contributed by atoms with van der Waals surface area (Å²) in [5.41, 5.74) is 1.23. The van der Waals surface area contributed by atoms with Gasteiger partial charge in [0.1, 0.15) is 5.82 Å². The first-order chi connectivity index (χ1) is 7.00. The summed E-state index contributed by atoms with van der Waals surface area (Å²) in [6.45, 7) is 13.9. The Hall–Kier alpha value is -1.57. The van der Waals surface area contributed by atoms with E-state index >= 15 is 0 Å². The third kappa shape index (κ3) is 2.46. The van der Waals surface area contributed by atoms with Crippen LogP contribution in [0.3, 0.4) is 0 Å². The van der Waals surface area contributed by atoms with Crippen molar-refractivity contribution < 1.29 is 0 Å². The predicted octanol–water partition coefficient (Wildman–Crippen LogP) is 3.48. The zero-order chi connectivity index (χ0) is 11.5. The molecule has 0 aliphatic heterocycles. The van der Waals surface area contributed by atoms with Crippen LogP contribution in [0, 0.1) is 0 Å². The molecule has 1 aromatic rings. The minimum absolute atomic E-state index is 0.0692. The number of rotatable bonds is 3. The maximum atomic E-state index is 4.31. The SMILES string of the molecule is C=C/C=C\n1c(C(C)(C)C)cnc1C=C. The molecule has 0 fully saturated rings. The van der Waals surface area contributed by atoms with E-state index in [-0.39, 0.29) is 5.41 Å². The fourth-order valence-corrected chi connectivity index (χ4v) is 1.38. The third-order valence-electron chi connectivity index (χ3n) is 2.15. The number of hydrogen-bond acceptors (Lipinski definition) is 1. The van der Waals surface area contributed by atoms with Gasteiger partial charge in [0.15, 0.2) is 0 Å². The quantitative estimate of drug-likeness (QED) is 0.686. The summed E-state index contributed by atoms with van der Waals surface area (Å²) >= 11 is 0. The van der Waals surface area contributed by atoms with Gasteiger partial charge in [-0.25, -0.2) is 4.98 Å². The van der Waals surface area contributed by atoms with Gasteiger partial charge in [0.2, 0.25) is 0 Å². The van der Waals surface area contributed by atoms with Crippen molar-refractivity contribution in [3.05, 3.63) is 43.0 Å². The molecule has 0 unspecified atom stereocenters. The van der Waals surface area contributed by atoms with Gasteiger partial charge in [-0.15, -0.1) is 0 Å². The molecule has 0 radical (unpaired) electrons. The highest BCUT2D eigenvalue weighted by atomic mass is 15.1. The third-order valence-corrected chi connectivity index (χ3v) is 2.15. The minimum atomic E-state index is 0.0692. The summed E-state index contributed by atoms with van der Waals surface area (Å²) in [5, 5.41) is 0. The van der Waals surface area contributed by atoms with Crippen molar-refractivity contribution in [2.24, 2.45) is 0 Å². The Morgan fingerprint density at radius 1 is 1.33 bits per heavy atom. The van der Waals surface area contributed by atoms with Crippen LogP contribution in [-0.2, 0) is 5.41 Å². The Balaban J connectivity index is 3.29. The molecule has 1 rings (SSSR count). The van der Waals surface area contributed by atoms with Gasteiger partial charge in [0, 0.05) is 23.5 Å². The standard InChI is InChI=1S/C13H18N2/c1-6-8-9-15-11(13(3,4)5)10-14-12(15)7-2/h6-10H,1-2H2,3-5H3/b9-8-. The molecule has 0 saturated heterocycles. The normalized spacial score (nSPS) is 11.9. The Bertz CT molecular complexity index is 389. The number of imidazole rings is 1. The summed E-state index contributed by atoms with van der Waals surface area (Å²) in [7, 11) is 0. The van der Waals surface area contributed by atoms with Crippen LogP contribution in [0.4, 0.5) is 0 Å². The second kappa shape index (κ2) is 4.30. The molecule has 0 aliphatic rings. The first-order valence-electron chi connectivity index (χ1n) is 5.00. The van der Waals surface area contributed by atoms with Gasteiger partial charge in [-0.1, -0.05) is 40.0 Å². The van der Waals surface area contributed by atoms with Gasteiger partial charge in [-0.05, 0) is 12.2 Å². The van der Waals surface area contributed by atoms with Gasteiger partial charge in [0.05, 0.1) is 0 Å². The number of aromatic nitrogens is 2. The number of allylic oxidation sites excluding steroid dienone is 2. The van der Waals surface area contributed by atoms with Crippen LogP contribution in [0.1, 0.15) is 32.3 Å². The number of nitrogens with zero attached hydrogens (tertiary/aromatic N) is 2. The molecule has 2 heteroatoms. The zero-order valence-electron chi connectivity index (χ0n) is 9.70. The molecule has 0 aromatic carbocycles. The fourth-order valence-electron chi connectivity index (χ4n) is 1.38. The van der Waals surface area contributed by atoms with Crippen LogP contribution in [0.5, 0.6) is 0 Å². The van der Waals surface area contributed by atoms with Crippen LogP contribution < -0.4 is 0 Å². The predicted molar refractivity (Wildman–Crippen MR) is 66.5 cm³/mol. The van der Waals surface area contributed by atoms with Crippen LogP contribution in [-0.4, -0.2) is 9.55 Å². The molecular formula is C13H18N2. The molecule has 2 nitrogen and oxygen atoms in total. The molecule has 0 aliphatic carbocycles. The van der Waals surface area contributed by atoms with Crippen molar-refractivity contribution in [2.75, 3.05) is 0 Å². The van der Waals surface area contributed by atoms with E-state index in [0.29, 0.717) is 0 Å². The Morgan fingerprint density at radius 3 is 2.47 bits per heavy atom. The summed E-state index contributed by atoms with van der Waals surface area (Å²) in [6, 6.07) is 0. The van der Waals surface area contributed by atoms with E-state index in [4.69, 9.17) is 0 Å². The Kier molecular flexibility index (Phi) is 3.30. The van der Waals surface area contributed by atoms with Gasteiger partial charge in [0.25, 0.3) is 0 Å². The molecule has 15 heavy (non-hydrogen) atoms. The Morgan fingerprint density at radius 2 is 2.00 bits per heavy atom. The largest absolute Gasteiger partial charge is 0.304 e. The molecule has 0 amide bonds. The van der Waals surface area contributed by atoms with Crippen molar-refractivity contribution in [3.63, 3.8) is 0 Å². The molecule has 1 heterocycles. The van der Waals surface area contributed by atoms with E-state index < -0.39 is 0 Å². The second-order valence-corrected chi connectivity index (χ2v) is 4.40. The maximum Gasteiger partial charge on any atom is 0.136 e. The summed E-state index contributed by atoms with van der Waals surface area (Å²) in [6.07, 6.45) is 9.24. The lowest BCUT2D eigenvalue weighted by molar-refractivity contribution is 0.560. The van der Waals surface area contributed by atoms with Crippen molar-refractivity contribution in [3.8, 4) is 0 Å². The second-order valence-electron chi connectivity index (χ2n) is 4.40. The molecular weight excluding hydrogens is 184 g/mol. The van der Waals surface area contributed by atoms with E-state index in [2.05, 4.69) is 38.9 Å². The molecule has 80 valence electrons. The smallest absolute Gasteiger partial charge is 0.136 e. The van der Waals surface area contributed by atoms with Crippen molar-refractivity contribution >= 4 is 12.3 Å². The first kappa shape index (κ1) is 11.5. The molecule has 1 aromatic heterocycles. The lowest BCUT2D eigenvalue weighted by Gasteiger charge is -2.19. The average Bonchev–Trinajstić information content (AvgIpc) is 2.56. The van der Waals surface area contributed by atoms with Crippen molar-refractivity contribution in [2.45, 2.75) is 26.2 Å². The van der Waals surface area contributed by atoms with Crippen LogP contribution in [0.2, 0.25) is 0 Å². The van der Waals surface area contributed by atoms with Gasteiger partial charge in [-0.2, -0.15) is 0 Å². The lowest BCUT2D eigenvalue weighted by atomic mass is 9.93. The molecule has 0 N–H and O–H groups in total. The van der Waals surface area contributed by atoms with Crippen LogP contribution in [0.15, 0.2) is 31.5 Å². The van der Waals surface area contributed by atoms with Crippen molar-refractivity contribution in [1.29, 1.82) is 0 Å². The first-order valence-corrected chi connectivity index (χ1v) is 5.00. The van der Waals surface area contributed by atoms with E-state index in [1.54, 1.807) is 12.2 Å². The minimum Gasteiger partial charge on any atom is -0.304 e. The zero-order valence-corrected chi connectivity index (χ0v) is 9.70. The van der Waals surface area contributed by atoms with Crippen LogP contribution in [0.25, 0.3) is 12.3 Å². The molecule has 0 bridgehead atoms. The summed E-state index contributed by atoms with van der Waals surface area (Å²) < 4.78 is 2.04. The van der Waals surface area contributed by atoms with Crippen LogP contribution >= 0.6 is 0 Å². The van der Waals surface area contributed by atoms with E-state index in [1.165, 1.54) is 0 Å². The molecule has 0 atom stereocenters. The fraction of sp³-hybridized carbons (Fsp3) is 0.308. The van der Waals surface area contributed by atoms with E-state index in [9.17, 15) is 0 Å². The highest BCUT2D eigenvalue weighted by molar-refractivity contribution is 5.46. The van der Waals surface area contributed by atoms with Crippen molar-refractivity contribution in [1.82, 2.24) is 9.55 Å². The highest BCUT2D eigenvalue weighted by Crippen LogP contribution is 2.23. The number of hydrogen-bond donors (Lipinski definition) is 0. The summed E-state index contributed by atoms with van der Waals surface area (Å²) in [5.74, 6) is 0.859. The van der Waals surface area contributed by atoms with Gasteiger partial charge >= 0.3 is 0 Å².